The molecular weight excluding hydrogens is 374 g/mol. The highest BCUT2D eigenvalue weighted by atomic mass is 32.2. The maximum atomic E-state index is 13.0. The molecule has 1 saturated carbocycles. The summed E-state index contributed by atoms with van der Waals surface area (Å²) >= 11 is 1.17. The molecule has 1 aromatic rings. The minimum Gasteiger partial charge on any atom is -0.311 e. The van der Waals surface area contributed by atoms with Crippen molar-refractivity contribution in [2.24, 2.45) is 0 Å². The van der Waals surface area contributed by atoms with Crippen molar-refractivity contribution in [1.82, 2.24) is 14.1 Å². The van der Waals surface area contributed by atoms with E-state index in [2.05, 4.69) is 0 Å². The number of carbonyl (C=O) groups is 2. The molecule has 1 atom stereocenters. The summed E-state index contributed by atoms with van der Waals surface area (Å²) in [7, 11) is -3.62. The zero-order valence-corrected chi connectivity index (χ0v) is 16.2. The van der Waals surface area contributed by atoms with E-state index in [1.165, 1.54) is 20.5 Å². The van der Waals surface area contributed by atoms with Crippen molar-refractivity contribution in [3.05, 3.63) is 17.5 Å². The Morgan fingerprint density at radius 3 is 2.50 bits per heavy atom. The van der Waals surface area contributed by atoms with Gasteiger partial charge in [0.1, 0.15) is 10.3 Å². The lowest BCUT2D eigenvalue weighted by Crippen LogP contribution is -2.45. The minimum absolute atomic E-state index is 0.0296. The van der Waals surface area contributed by atoms with Crippen LogP contribution in [0.1, 0.15) is 38.5 Å². The number of sulfonamides is 1. The standard InChI is InChI=1S/C17H23N3O4S2/c21-16-14-12-18(26(23,24)15-8-4-11-25-15)9-5-10-19(14)17(22)20(16)13-6-2-1-3-7-13/h4,8,11,13-14H,1-3,5-7,9-10,12H2. The van der Waals surface area contributed by atoms with Gasteiger partial charge in [-0.25, -0.2) is 13.2 Å². The van der Waals surface area contributed by atoms with Crippen molar-refractivity contribution >= 4 is 33.3 Å². The molecule has 1 unspecified atom stereocenters. The number of thiophene rings is 1. The number of imide groups is 1. The van der Waals surface area contributed by atoms with Crippen LogP contribution in [-0.2, 0) is 14.8 Å². The summed E-state index contributed by atoms with van der Waals surface area (Å²) in [4.78, 5) is 28.9. The van der Waals surface area contributed by atoms with Crippen LogP contribution in [0.3, 0.4) is 0 Å². The molecule has 1 aliphatic carbocycles. The fraction of sp³-hybridized carbons (Fsp3) is 0.647. The predicted molar refractivity (Wildman–Crippen MR) is 97.3 cm³/mol. The number of carbonyl (C=O) groups excluding carboxylic acids is 2. The van der Waals surface area contributed by atoms with Gasteiger partial charge in [-0.1, -0.05) is 25.3 Å². The smallest absolute Gasteiger partial charge is 0.311 e. The first-order valence-corrected chi connectivity index (χ1v) is 11.5. The first-order valence-electron chi connectivity index (χ1n) is 9.17. The van der Waals surface area contributed by atoms with Crippen LogP contribution in [0.2, 0.25) is 0 Å². The van der Waals surface area contributed by atoms with Crippen molar-refractivity contribution in [3.8, 4) is 0 Å². The Morgan fingerprint density at radius 2 is 1.81 bits per heavy atom. The van der Waals surface area contributed by atoms with E-state index < -0.39 is 16.1 Å². The van der Waals surface area contributed by atoms with Crippen molar-refractivity contribution in [3.63, 3.8) is 0 Å². The van der Waals surface area contributed by atoms with E-state index in [0.717, 1.165) is 32.1 Å². The third-order valence-corrected chi connectivity index (χ3v) is 8.80. The average Bonchev–Trinajstić information content (AvgIpc) is 3.17. The first-order chi connectivity index (χ1) is 12.5. The maximum Gasteiger partial charge on any atom is 0.327 e. The van der Waals surface area contributed by atoms with Crippen LogP contribution < -0.4 is 0 Å². The molecular formula is C17H23N3O4S2. The molecule has 3 heterocycles. The number of hydrogen-bond acceptors (Lipinski definition) is 5. The van der Waals surface area contributed by atoms with E-state index in [1.54, 1.807) is 22.4 Å². The number of rotatable bonds is 3. The van der Waals surface area contributed by atoms with E-state index in [0.29, 0.717) is 19.5 Å². The minimum atomic E-state index is -3.62. The summed E-state index contributed by atoms with van der Waals surface area (Å²) in [5.41, 5.74) is 0. The van der Waals surface area contributed by atoms with Crippen LogP contribution in [0.4, 0.5) is 4.79 Å². The fourth-order valence-corrected chi connectivity index (χ4v) is 6.85. The summed E-state index contributed by atoms with van der Waals surface area (Å²) < 4.78 is 27.4. The van der Waals surface area contributed by atoms with Crippen LogP contribution in [0.5, 0.6) is 0 Å². The molecule has 26 heavy (non-hydrogen) atoms. The molecule has 7 nitrogen and oxygen atoms in total. The lowest BCUT2D eigenvalue weighted by Gasteiger charge is -2.29. The molecule has 2 aliphatic heterocycles. The Balaban J connectivity index is 1.58. The van der Waals surface area contributed by atoms with E-state index in [4.69, 9.17) is 0 Å². The van der Waals surface area contributed by atoms with Gasteiger partial charge in [0.05, 0.1) is 0 Å². The molecule has 4 rings (SSSR count). The van der Waals surface area contributed by atoms with Gasteiger partial charge < -0.3 is 4.90 Å². The Bertz CT molecular complexity index is 787. The second-order valence-corrected chi connectivity index (χ2v) is 10.3. The normalized spacial score (nSPS) is 26.2. The van der Waals surface area contributed by atoms with Gasteiger partial charge in [-0.05, 0) is 30.7 Å². The molecule has 142 valence electrons. The highest BCUT2D eigenvalue weighted by Gasteiger charge is 2.50. The van der Waals surface area contributed by atoms with Crippen molar-refractivity contribution < 1.29 is 18.0 Å². The van der Waals surface area contributed by atoms with E-state index in [-0.39, 0.29) is 28.7 Å². The molecule has 3 fully saturated rings. The predicted octanol–water partition coefficient (Wildman–Crippen LogP) is 2.11. The van der Waals surface area contributed by atoms with Gasteiger partial charge in [0.2, 0.25) is 0 Å². The molecule has 0 bridgehead atoms. The third kappa shape index (κ3) is 2.95. The van der Waals surface area contributed by atoms with Gasteiger partial charge in [0.15, 0.2) is 0 Å². The van der Waals surface area contributed by atoms with E-state index in [1.807, 2.05) is 0 Å². The number of hydrogen-bond donors (Lipinski definition) is 0. The lowest BCUT2D eigenvalue weighted by atomic mass is 9.94. The maximum absolute atomic E-state index is 13.0. The van der Waals surface area contributed by atoms with E-state index >= 15 is 0 Å². The molecule has 2 saturated heterocycles. The third-order valence-electron chi connectivity index (χ3n) is 5.56. The summed E-state index contributed by atoms with van der Waals surface area (Å²) in [6.45, 7) is 0.806. The Hall–Kier alpha value is -1.45. The fourth-order valence-electron chi connectivity index (χ4n) is 4.22. The highest BCUT2D eigenvalue weighted by Crippen LogP contribution is 2.31. The van der Waals surface area contributed by atoms with Gasteiger partial charge in [0, 0.05) is 25.7 Å². The Kier molecular flexibility index (Phi) is 4.79. The van der Waals surface area contributed by atoms with Gasteiger partial charge in [-0.3, -0.25) is 9.69 Å². The van der Waals surface area contributed by atoms with Crippen LogP contribution in [0.15, 0.2) is 21.7 Å². The number of amides is 3. The number of fused-ring (bicyclic) bond motifs is 1. The molecule has 0 aromatic carbocycles. The van der Waals surface area contributed by atoms with Crippen molar-refractivity contribution in [1.29, 1.82) is 0 Å². The summed E-state index contributed by atoms with van der Waals surface area (Å²) in [5, 5.41) is 1.73. The van der Waals surface area contributed by atoms with Gasteiger partial charge >= 0.3 is 6.03 Å². The van der Waals surface area contributed by atoms with Gasteiger partial charge in [-0.2, -0.15) is 4.31 Å². The topological polar surface area (TPSA) is 78.0 Å². The molecule has 3 aliphatic rings. The average molecular weight is 398 g/mol. The molecule has 9 heteroatoms. The summed E-state index contributed by atoms with van der Waals surface area (Å²) in [6, 6.07) is 2.33. The molecule has 0 N–H and O–H groups in total. The second kappa shape index (κ2) is 6.94. The van der Waals surface area contributed by atoms with Crippen molar-refractivity contribution in [2.75, 3.05) is 19.6 Å². The summed E-state index contributed by atoms with van der Waals surface area (Å²) in [5.74, 6) is -0.227. The molecule has 3 amide bonds. The Labute approximate surface area is 157 Å². The number of urea groups is 1. The van der Waals surface area contributed by atoms with Crippen LogP contribution in [-0.4, -0.2) is 66.2 Å². The highest BCUT2D eigenvalue weighted by molar-refractivity contribution is 7.91. The lowest BCUT2D eigenvalue weighted by molar-refractivity contribution is -0.130. The molecule has 1 aromatic heterocycles. The van der Waals surface area contributed by atoms with Gasteiger partial charge in [-0.15, -0.1) is 11.3 Å². The number of nitrogens with zero attached hydrogens (tertiary/aromatic N) is 3. The van der Waals surface area contributed by atoms with Crippen LogP contribution >= 0.6 is 11.3 Å². The molecule has 0 spiro atoms. The quantitative estimate of drug-likeness (QED) is 0.732. The zero-order valence-electron chi connectivity index (χ0n) is 14.5. The largest absolute Gasteiger partial charge is 0.327 e. The van der Waals surface area contributed by atoms with E-state index in [9.17, 15) is 18.0 Å². The SMILES string of the molecule is O=C1C2CN(S(=O)(=O)c3cccs3)CCCN2C(=O)N1C1CCCCC1. The Morgan fingerprint density at radius 1 is 1.04 bits per heavy atom. The van der Waals surface area contributed by atoms with Crippen molar-refractivity contribution in [2.45, 2.75) is 54.8 Å². The van der Waals surface area contributed by atoms with Crippen LogP contribution in [0.25, 0.3) is 0 Å². The molecule has 0 radical (unpaired) electrons. The first kappa shape index (κ1) is 17.9. The monoisotopic (exact) mass is 397 g/mol. The summed E-state index contributed by atoms with van der Waals surface area (Å²) in [6.07, 6.45) is 5.46. The van der Waals surface area contributed by atoms with Crippen LogP contribution in [0, 0.1) is 0 Å². The second-order valence-electron chi connectivity index (χ2n) is 7.14. The van der Waals surface area contributed by atoms with Gasteiger partial charge in [0.25, 0.3) is 15.9 Å². The zero-order chi connectivity index (χ0) is 18.3.